The van der Waals surface area contributed by atoms with E-state index in [1.807, 2.05) is 36.4 Å². The van der Waals surface area contributed by atoms with Gasteiger partial charge in [0, 0.05) is 18.2 Å². The maximum Gasteiger partial charge on any atom is 0.123 e. The number of nitrogens with one attached hydrogen (secondary N) is 2. The third-order valence-electron chi connectivity index (χ3n) is 3.54. The Balaban J connectivity index is 1.66. The maximum absolute atomic E-state index is 5.34. The summed E-state index contributed by atoms with van der Waals surface area (Å²) in [4.78, 5) is 7.86. The Morgan fingerprint density at radius 1 is 1.05 bits per heavy atom. The zero-order valence-electron chi connectivity index (χ0n) is 12.7. The lowest BCUT2D eigenvalue weighted by atomic mass is 10.2. The van der Waals surface area contributed by atoms with E-state index in [1.54, 1.807) is 14.2 Å². The van der Waals surface area contributed by atoms with Crippen LogP contribution in [0.1, 0.15) is 11.4 Å². The van der Waals surface area contributed by atoms with Gasteiger partial charge in [-0.1, -0.05) is 18.2 Å². The van der Waals surface area contributed by atoms with Crippen LogP contribution in [0, 0.1) is 0 Å². The van der Waals surface area contributed by atoms with Gasteiger partial charge in [0.2, 0.25) is 0 Å². The van der Waals surface area contributed by atoms with Crippen LogP contribution in [-0.4, -0.2) is 24.2 Å². The van der Waals surface area contributed by atoms with E-state index in [-0.39, 0.29) is 0 Å². The molecule has 0 atom stereocenters. The predicted molar refractivity (Wildman–Crippen MR) is 86.2 cm³/mol. The van der Waals surface area contributed by atoms with E-state index in [2.05, 4.69) is 21.4 Å². The molecule has 0 unspecified atom stereocenters. The summed E-state index contributed by atoms with van der Waals surface area (Å²) in [7, 11) is 3.35. The first kappa shape index (κ1) is 14.4. The lowest BCUT2D eigenvalue weighted by Crippen LogP contribution is -2.14. The average Bonchev–Trinajstić information content (AvgIpc) is 2.97. The van der Waals surface area contributed by atoms with Gasteiger partial charge in [0.25, 0.3) is 0 Å². The largest absolute Gasteiger partial charge is 0.497 e. The van der Waals surface area contributed by atoms with Gasteiger partial charge in [0.15, 0.2) is 0 Å². The quantitative estimate of drug-likeness (QED) is 0.734. The number of aromatic nitrogens is 2. The maximum atomic E-state index is 5.34. The molecule has 0 aliphatic rings. The van der Waals surface area contributed by atoms with Crippen molar-refractivity contribution in [2.45, 2.75) is 13.1 Å². The van der Waals surface area contributed by atoms with Crippen molar-refractivity contribution in [2.24, 2.45) is 0 Å². The fraction of sp³-hybridized carbons (Fsp3) is 0.235. The molecule has 5 nitrogen and oxygen atoms in total. The summed E-state index contributed by atoms with van der Waals surface area (Å²) < 4.78 is 10.6. The Morgan fingerprint density at radius 2 is 1.91 bits per heavy atom. The highest BCUT2D eigenvalue weighted by Gasteiger charge is 2.05. The summed E-state index contributed by atoms with van der Waals surface area (Å²) in [6, 6.07) is 13.8. The summed E-state index contributed by atoms with van der Waals surface area (Å²) in [5.41, 5.74) is 3.05. The molecule has 2 aromatic carbocycles. The fourth-order valence-corrected chi connectivity index (χ4v) is 2.42. The van der Waals surface area contributed by atoms with Gasteiger partial charge in [-0.2, -0.15) is 0 Å². The first-order valence-electron chi connectivity index (χ1n) is 7.15. The van der Waals surface area contributed by atoms with E-state index >= 15 is 0 Å². The van der Waals surface area contributed by atoms with E-state index < -0.39 is 0 Å². The van der Waals surface area contributed by atoms with Crippen LogP contribution < -0.4 is 14.8 Å². The van der Waals surface area contributed by atoms with Gasteiger partial charge in [-0.05, 0) is 18.2 Å². The summed E-state index contributed by atoms with van der Waals surface area (Å²) in [5, 5.41) is 3.38. The standard InChI is InChI=1S/C17H19N3O2/c1-21-13-7-8-14-15(9-13)20-17(19-14)11-18-10-12-5-3-4-6-16(12)22-2/h3-9,18H,10-11H2,1-2H3,(H,19,20). The summed E-state index contributed by atoms with van der Waals surface area (Å²) in [6.07, 6.45) is 0. The first-order valence-corrected chi connectivity index (χ1v) is 7.15. The molecule has 3 rings (SSSR count). The molecule has 3 aromatic rings. The molecule has 22 heavy (non-hydrogen) atoms. The van der Waals surface area contributed by atoms with Gasteiger partial charge >= 0.3 is 0 Å². The predicted octanol–water partition coefficient (Wildman–Crippen LogP) is 2.87. The van der Waals surface area contributed by atoms with Crippen molar-refractivity contribution in [2.75, 3.05) is 14.2 Å². The number of methoxy groups -OCH3 is 2. The Kier molecular flexibility index (Phi) is 4.25. The molecular weight excluding hydrogens is 278 g/mol. The van der Waals surface area contributed by atoms with Crippen molar-refractivity contribution in [3.63, 3.8) is 0 Å². The van der Waals surface area contributed by atoms with E-state index in [9.17, 15) is 0 Å². The Hall–Kier alpha value is -2.53. The molecule has 0 radical (unpaired) electrons. The molecule has 1 aromatic heterocycles. The van der Waals surface area contributed by atoms with Gasteiger partial charge in [-0.15, -0.1) is 0 Å². The molecule has 0 bridgehead atoms. The van der Waals surface area contributed by atoms with Gasteiger partial charge < -0.3 is 19.8 Å². The molecule has 2 N–H and O–H groups in total. The molecule has 0 fully saturated rings. The summed E-state index contributed by atoms with van der Waals surface area (Å²) in [5.74, 6) is 2.62. The third-order valence-corrected chi connectivity index (χ3v) is 3.54. The lowest BCUT2D eigenvalue weighted by molar-refractivity contribution is 0.407. The monoisotopic (exact) mass is 297 g/mol. The molecule has 0 amide bonds. The number of aromatic amines is 1. The molecule has 0 spiro atoms. The van der Waals surface area contributed by atoms with Gasteiger partial charge in [-0.25, -0.2) is 4.98 Å². The first-order chi connectivity index (χ1) is 10.8. The fourth-order valence-electron chi connectivity index (χ4n) is 2.42. The summed E-state index contributed by atoms with van der Waals surface area (Å²) >= 11 is 0. The van der Waals surface area contributed by atoms with Crippen LogP contribution in [-0.2, 0) is 13.1 Å². The number of H-pyrrole nitrogens is 1. The van der Waals surface area contributed by atoms with Crippen molar-refractivity contribution >= 4 is 11.0 Å². The SMILES string of the molecule is COc1ccc2nc(CNCc3ccccc3OC)[nH]c2c1. The van der Waals surface area contributed by atoms with Gasteiger partial charge in [0.05, 0.1) is 31.8 Å². The Labute approximate surface area is 129 Å². The van der Waals surface area contributed by atoms with E-state index in [1.165, 1.54) is 0 Å². The highest BCUT2D eigenvalue weighted by atomic mass is 16.5. The second-order valence-electron chi connectivity index (χ2n) is 4.98. The second kappa shape index (κ2) is 6.49. The molecule has 0 saturated carbocycles. The van der Waals surface area contributed by atoms with Crippen molar-refractivity contribution < 1.29 is 9.47 Å². The van der Waals surface area contributed by atoms with E-state index in [0.29, 0.717) is 6.54 Å². The van der Waals surface area contributed by atoms with Crippen molar-refractivity contribution in [3.05, 3.63) is 53.9 Å². The number of nitrogens with zero attached hydrogens (tertiary/aromatic N) is 1. The second-order valence-corrected chi connectivity index (χ2v) is 4.98. The molecule has 1 heterocycles. The number of benzene rings is 2. The molecule has 0 aliphatic heterocycles. The van der Waals surface area contributed by atoms with Crippen molar-refractivity contribution in [3.8, 4) is 11.5 Å². The number of para-hydroxylation sites is 1. The Bertz CT molecular complexity index is 767. The minimum absolute atomic E-state index is 0.662. The molecule has 0 aliphatic carbocycles. The lowest BCUT2D eigenvalue weighted by Gasteiger charge is -2.08. The zero-order chi connectivity index (χ0) is 15.4. The minimum Gasteiger partial charge on any atom is -0.497 e. The van der Waals surface area contributed by atoms with Crippen LogP contribution >= 0.6 is 0 Å². The van der Waals surface area contributed by atoms with Crippen LogP contribution in [0.2, 0.25) is 0 Å². The molecular formula is C17H19N3O2. The highest BCUT2D eigenvalue weighted by Crippen LogP contribution is 2.19. The summed E-state index contributed by atoms with van der Waals surface area (Å²) in [6.45, 7) is 1.39. The van der Waals surface area contributed by atoms with Crippen LogP contribution in [0.25, 0.3) is 11.0 Å². The van der Waals surface area contributed by atoms with Crippen molar-refractivity contribution in [1.82, 2.24) is 15.3 Å². The number of ether oxygens (including phenoxy) is 2. The van der Waals surface area contributed by atoms with Crippen LogP contribution in [0.15, 0.2) is 42.5 Å². The van der Waals surface area contributed by atoms with E-state index in [0.717, 1.165) is 40.5 Å². The highest BCUT2D eigenvalue weighted by molar-refractivity contribution is 5.76. The molecule has 114 valence electrons. The number of rotatable bonds is 6. The Morgan fingerprint density at radius 3 is 2.73 bits per heavy atom. The number of fused-ring (bicyclic) bond motifs is 1. The minimum atomic E-state index is 0.662. The van der Waals surface area contributed by atoms with Gasteiger partial charge in [0.1, 0.15) is 17.3 Å². The van der Waals surface area contributed by atoms with Gasteiger partial charge in [-0.3, -0.25) is 0 Å². The normalized spacial score (nSPS) is 10.8. The molecule has 0 saturated heterocycles. The van der Waals surface area contributed by atoms with Crippen LogP contribution in [0.3, 0.4) is 0 Å². The number of hydrogen-bond acceptors (Lipinski definition) is 4. The molecule has 5 heteroatoms. The van der Waals surface area contributed by atoms with E-state index in [4.69, 9.17) is 9.47 Å². The van der Waals surface area contributed by atoms with Crippen molar-refractivity contribution in [1.29, 1.82) is 0 Å². The number of imidazole rings is 1. The number of hydrogen-bond donors (Lipinski definition) is 2. The third kappa shape index (κ3) is 3.04. The topological polar surface area (TPSA) is 59.2 Å². The van der Waals surface area contributed by atoms with Crippen LogP contribution in [0.5, 0.6) is 11.5 Å². The van der Waals surface area contributed by atoms with Crippen LogP contribution in [0.4, 0.5) is 0 Å². The smallest absolute Gasteiger partial charge is 0.123 e. The zero-order valence-corrected chi connectivity index (χ0v) is 12.7. The average molecular weight is 297 g/mol.